The van der Waals surface area contributed by atoms with E-state index < -0.39 is 0 Å². The van der Waals surface area contributed by atoms with Gasteiger partial charge in [0.1, 0.15) is 0 Å². The molecule has 1 fully saturated rings. The highest BCUT2D eigenvalue weighted by atomic mass is 16.3. The largest absolute Gasteiger partial charge is 0.390 e. The molecule has 1 aliphatic rings. The number of rotatable bonds is 4. The summed E-state index contributed by atoms with van der Waals surface area (Å²) in [5.74, 6) is 0. The second kappa shape index (κ2) is 6.32. The predicted octanol–water partition coefficient (Wildman–Crippen LogP) is 1.92. The van der Waals surface area contributed by atoms with Gasteiger partial charge < -0.3 is 10.8 Å². The molecule has 0 aliphatic carbocycles. The molecule has 3 atom stereocenters. The molecule has 3 unspecified atom stereocenters. The molecule has 1 aromatic carbocycles. The second-order valence-electron chi connectivity index (χ2n) is 5.23. The van der Waals surface area contributed by atoms with Crippen LogP contribution in [0, 0.1) is 0 Å². The minimum absolute atomic E-state index is 0.0562. The van der Waals surface area contributed by atoms with Crippen LogP contribution in [0.3, 0.4) is 0 Å². The molecule has 0 spiro atoms. The second-order valence-corrected chi connectivity index (χ2v) is 5.23. The molecule has 0 bridgehead atoms. The maximum absolute atomic E-state index is 9.95. The van der Waals surface area contributed by atoms with Crippen molar-refractivity contribution in [3.05, 3.63) is 35.9 Å². The van der Waals surface area contributed by atoms with Gasteiger partial charge in [-0.3, -0.25) is 4.90 Å². The first-order valence-corrected chi connectivity index (χ1v) is 6.95. The Kier molecular flexibility index (Phi) is 4.75. The third kappa shape index (κ3) is 3.10. The number of likely N-dealkylation sites (tertiary alicyclic amines) is 1. The molecular weight excluding hydrogens is 224 g/mol. The van der Waals surface area contributed by atoms with Gasteiger partial charge in [0.2, 0.25) is 0 Å². The van der Waals surface area contributed by atoms with Crippen molar-refractivity contribution in [2.24, 2.45) is 5.73 Å². The zero-order valence-corrected chi connectivity index (χ0v) is 11.1. The lowest BCUT2D eigenvalue weighted by Gasteiger charge is -2.39. The third-order valence-electron chi connectivity index (χ3n) is 3.85. The van der Waals surface area contributed by atoms with Gasteiger partial charge in [-0.15, -0.1) is 0 Å². The van der Waals surface area contributed by atoms with Crippen LogP contribution in [0.1, 0.15) is 37.8 Å². The lowest BCUT2D eigenvalue weighted by atomic mass is 9.95. The fraction of sp³-hybridized carbons (Fsp3) is 0.600. The number of hydrogen-bond acceptors (Lipinski definition) is 3. The van der Waals surface area contributed by atoms with E-state index in [4.69, 9.17) is 5.73 Å². The van der Waals surface area contributed by atoms with E-state index in [2.05, 4.69) is 36.1 Å². The number of aliphatic hydroxyl groups excluding tert-OH is 1. The van der Waals surface area contributed by atoms with Crippen molar-refractivity contribution in [3.8, 4) is 0 Å². The van der Waals surface area contributed by atoms with Gasteiger partial charge in [0.05, 0.1) is 6.10 Å². The van der Waals surface area contributed by atoms with Crippen LogP contribution in [0.15, 0.2) is 30.3 Å². The first kappa shape index (κ1) is 13.5. The van der Waals surface area contributed by atoms with Crippen LogP contribution in [0.4, 0.5) is 0 Å². The normalized spacial score (nSPS) is 27.1. The van der Waals surface area contributed by atoms with Crippen molar-refractivity contribution in [3.63, 3.8) is 0 Å². The van der Waals surface area contributed by atoms with Crippen LogP contribution < -0.4 is 5.73 Å². The Morgan fingerprint density at radius 2 is 2.11 bits per heavy atom. The SMILES string of the molecule is CCCC(c1ccccc1)N1CCC(N)C(O)C1. The van der Waals surface area contributed by atoms with Gasteiger partial charge in [-0.1, -0.05) is 43.7 Å². The summed E-state index contributed by atoms with van der Waals surface area (Å²) in [5, 5.41) is 9.95. The topological polar surface area (TPSA) is 49.5 Å². The Morgan fingerprint density at radius 3 is 2.72 bits per heavy atom. The molecule has 0 radical (unpaired) electrons. The number of benzene rings is 1. The fourth-order valence-corrected chi connectivity index (χ4v) is 2.77. The summed E-state index contributed by atoms with van der Waals surface area (Å²) in [6.45, 7) is 3.89. The molecule has 3 nitrogen and oxygen atoms in total. The molecule has 1 heterocycles. The van der Waals surface area contributed by atoms with Crippen LogP contribution in [-0.2, 0) is 0 Å². The standard InChI is InChI=1S/C15H24N2O/c1-2-6-14(12-7-4-3-5-8-12)17-10-9-13(16)15(18)11-17/h3-5,7-8,13-15,18H,2,6,9-11,16H2,1H3. The molecule has 1 aliphatic heterocycles. The monoisotopic (exact) mass is 248 g/mol. The van der Waals surface area contributed by atoms with Crippen molar-refractivity contribution in [1.82, 2.24) is 4.90 Å². The maximum atomic E-state index is 9.95. The van der Waals surface area contributed by atoms with E-state index in [1.165, 1.54) is 5.56 Å². The number of hydrogen-bond donors (Lipinski definition) is 2. The highest BCUT2D eigenvalue weighted by Crippen LogP contribution is 2.28. The molecule has 0 amide bonds. The molecule has 18 heavy (non-hydrogen) atoms. The quantitative estimate of drug-likeness (QED) is 0.856. The number of nitrogens with zero attached hydrogens (tertiary/aromatic N) is 1. The zero-order chi connectivity index (χ0) is 13.0. The molecular formula is C15H24N2O. The van der Waals surface area contributed by atoms with Crippen LogP contribution in [0.2, 0.25) is 0 Å². The van der Waals surface area contributed by atoms with Crippen LogP contribution in [-0.4, -0.2) is 35.2 Å². The number of aliphatic hydroxyl groups is 1. The smallest absolute Gasteiger partial charge is 0.0818 e. The fourth-order valence-electron chi connectivity index (χ4n) is 2.77. The van der Waals surface area contributed by atoms with Crippen LogP contribution in [0.25, 0.3) is 0 Å². The van der Waals surface area contributed by atoms with Crippen LogP contribution >= 0.6 is 0 Å². The summed E-state index contributed by atoms with van der Waals surface area (Å²) >= 11 is 0. The average molecular weight is 248 g/mol. The first-order valence-electron chi connectivity index (χ1n) is 6.95. The van der Waals surface area contributed by atoms with E-state index in [-0.39, 0.29) is 12.1 Å². The van der Waals surface area contributed by atoms with Crippen molar-refractivity contribution < 1.29 is 5.11 Å². The zero-order valence-electron chi connectivity index (χ0n) is 11.1. The van der Waals surface area contributed by atoms with Crippen molar-refractivity contribution in [2.75, 3.05) is 13.1 Å². The maximum Gasteiger partial charge on any atom is 0.0818 e. The Labute approximate surface area is 110 Å². The lowest BCUT2D eigenvalue weighted by Crippen LogP contribution is -2.51. The van der Waals surface area contributed by atoms with E-state index in [9.17, 15) is 5.11 Å². The average Bonchev–Trinajstić information content (AvgIpc) is 2.40. The van der Waals surface area contributed by atoms with Crippen molar-refractivity contribution in [2.45, 2.75) is 44.4 Å². The van der Waals surface area contributed by atoms with Gasteiger partial charge in [-0.25, -0.2) is 0 Å². The molecule has 1 saturated heterocycles. The minimum Gasteiger partial charge on any atom is -0.390 e. The highest BCUT2D eigenvalue weighted by molar-refractivity contribution is 5.19. The van der Waals surface area contributed by atoms with E-state index in [1.807, 2.05) is 6.07 Å². The van der Waals surface area contributed by atoms with E-state index in [0.29, 0.717) is 12.6 Å². The van der Waals surface area contributed by atoms with E-state index in [1.54, 1.807) is 0 Å². The summed E-state index contributed by atoms with van der Waals surface area (Å²) < 4.78 is 0. The molecule has 3 heteroatoms. The van der Waals surface area contributed by atoms with Gasteiger partial charge in [-0.05, 0) is 18.4 Å². The molecule has 0 saturated carbocycles. The molecule has 1 aromatic rings. The van der Waals surface area contributed by atoms with Crippen LogP contribution in [0.5, 0.6) is 0 Å². The predicted molar refractivity (Wildman–Crippen MR) is 74.3 cm³/mol. The molecule has 0 aromatic heterocycles. The molecule has 3 N–H and O–H groups in total. The molecule has 2 rings (SSSR count). The Morgan fingerprint density at radius 1 is 1.39 bits per heavy atom. The van der Waals surface area contributed by atoms with Crippen molar-refractivity contribution >= 4 is 0 Å². The van der Waals surface area contributed by atoms with Crippen molar-refractivity contribution in [1.29, 1.82) is 0 Å². The highest BCUT2D eigenvalue weighted by Gasteiger charge is 2.29. The number of nitrogens with two attached hydrogens (primary N) is 1. The van der Waals surface area contributed by atoms with E-state index >= 15 is 0 Å². The summed E-state index contributed by atoms with van der Waals surface area (Å²) in [7, 11) is 0. The number of piperidine rings is 1. The Balaban J connectivity index is 2.11. The summed E-state index contributed by atoms with van der Waals surface area (Å²) in [5.41, 5.74) is 7.23. The first-order chi connectivity index (χ1) is 8.72. The van der Waals surface area contributed by atoms with Gasteiger partial charge in [0.25, 0.3) is 0 Å². The van der Waals surface area contributed by atoms with Gasteiger partial charge >= 0.3 is 0 Å². The van der Waals surface area contributed by atoms with E-state index in [0.717, 1.165) is 25.8 Å². The summed E-state index contributed by atoms with van der Waals surface area (Å²) in [6, 6.07) is 10.9. The minimum atomic E-state index is -0.387. The Bertz CT molecular complexity index is 355. The Hall–Kier alpha value is -0.900. The van der Waals surface area contributed by atoms with Gasteiger partial charge in [-0.2, -0.15) is 0 Å². The van der Waals surface area contributed by atoms with Gasteiger partial charge in [0.15, 0.2) is 0 Å². The van der Waals surface area contributed by atoms with Gasteiger partial charge in [0, 0.05) is 25.2 Å². The lowest BCUT2D eigenvalue weighted by molar-refractivity contribution is 0.0289. The molecule has 100 valence electrons. The third-order valence-corrected chi connectivity index (χ3v) is 3.85. The summed E-state index contributed by atoms with van der Waals surface area (Å²) in [4.78, 5) is 2.38. The summed E-state index contributed by atoms with van der Waals surface area (Å²) in [6.07, 6.45) is 2.78. The number of β-amino-alcohol motifs (C(OH)–C–C–N with tert-alkyl or cyclic N) is 1.